The van der Waals surface area contributed by atoms with Crippen molar-refractivity contribution in [1.82, 2.24) is 0 Å². The summed E-state index contributed by atoms with van der Waals surface area (Å²) in [4.78, 5) is 35.6. The Labute approximate surface area is 189 Å². The maximum Gasteiger partial charge on any atom is 0.341 e. The molecule has 1 heterocycles. The lowest BCUT2D eigenvalue weighted by molar-refractivity contribution is -0.384. The maximum absolute atomic E-state index is 12.7. The number of aryl methyl sites for hydroxylation is 1. The van der Waals surface area contributed by atoms with Crippen LogP contribution < -0.4 is 5.32 Å². The number of ether oxygens (including phenoxy) is 1. The molecule has 0 saturated heterocycles. The van der Waals surface area contributed by atoms with E-state index in [4.69, 9.17) is 4.74 Å². The SMILES string of the molecule is CCOC(=O)c1c(-c2ccc(CC)cc2)csc1NC(=O)/C=C/c1cccc([N+](=O)[O-])c1. The Morgan fingerprint density at radius 1 is 1.16 bits per heavy atom. The third-order valence-electron chi connectivity index (χ3n) is 4.69. The van der Waals surface area contributed by atoms with E-state index in [0.717, 1.165) is 12.0 Å². The van der Waals surface area contributed by atoms with E-state index in [-0.39, 0.29) is 12.3 Å². The number of nitro benzene ring substituents is 1. The van der Waals surface area contributed by atoms with Crippen LogP contribution in [0.3, 0.4) is 0 Å². The fourth-order valence-corrected chi connectivity index (χ4v) is 4.02. The number of rotatable bonds is 8. The minimum Gasteiger partial charge on any atom is -0.462 e. The molecule has 0 saturated carbocycles. The van der Waals surface area contributed by atoms with Gasteiger partial charge in [-0.2, -0.15) is 0 Å². The van der Waals surface area contributed by atoms with Crippen LogP contribution in [0, 0.1) is 10.1 Å². The zero-order valence-electron chi connectivity index (χ0n) is 17.7. The van der Waals surface area contributed by atoms with Crippen molar-refractivity contribution in [3.8, 4) is 11.1 Å². The molecular weight excluding hydrogens is 428 g/mol. The number of hydrogen-bond acceptors (Lipinski definition) is 6. The standard InChI is InChI=1S/C24H22N2O5S/c1-3-16-8-11-18(12-9-16)20-15-32-23(22(20)24(28)31-4-2)25-21(27)13-10-17-6-5-7-19(14-17)26(29)30/h5-15H,3-4H2,1-2H3,(H,25,27)/b13-10+. The number of nitrogens with zero attached hydrogens (tertiary/aromatic N) is 1. The lowest BCUT2D eigenvalue weighted by atomic mass is 10.0. The Morgan fingerprint density at radius 3 is 2.56 bits per heavy atom. The van der Waals surface area contributed by atoms with Gasteiger partial charge in [0.1, 0.15) is 10.6 Å². The third-order valence-corrected chi connectivity index (χ3v) is 5.58. The van der Waals surface area contributed by atoms with Crippen LogP contribution in [0.2, 0.25) is 0 Å². The molecule has 0 fully saturated rings. The summed E-state index contributed by atoms with van der Waals surface area (Å²) in [6.07, 6.45) is 3.65. The molecule has 1 N–H and O–H groups in total. The molecule has 0 bridgehead atoms. The van der Waals surface area contributed by atoms with Gasteiger partial charge in [0.2, 0.25) is 5.91 Å². The van der Waals surface area contributed by atoms with Crippen LogP contribution in [0.15, 0.2) is 60.0 Å². The quantitative estimate of drug-likeness (QED) is 0.205. The summed E-state index contributed by atoms with van der Waals surface area (Å²) >= 11 is 1.24. The van der Waals surface area contributed by atoms with Crippen molar-refractivity contribution in [2.75, 3.05) is 11.9 Å². The molecule has 3 aromatic rings. The molecule has 0 spiro atoms. The zero-order valence-corrected chi connectivity index (χ0v) is 18.5. The van der Waals surface area contributed by atoms with E-state index < -0.39 is 16.8 Å². The average molecular weight is 451 g/mol. The Balaban J connectivity index is 1.86. The molecule has 0 unspecified atom stereocenters. The van der Waals surface area contributed by atoms with Crippen molar-refractivity contribution in [3.63, 3.8) is 0 Å². The monoisotopic (exact) mass is 450 g/mol. The van der Waals surface area contributed by atoms with Gasteiger partial charge < -0.3 is 10.1 Å². The number of nitrogens with one attached hydrogen (secondary N) is 1. The number of benzene rings is 2. The summed E-state index contributed by atoms with van der Waals surface area (Å²) in [5, 5.41) is 15.8. The Hall–Kier alpha value is -3.78. The molecule has 8 heteroatoms. The second kappa shape index (κ2) is 10.5. The van der Waals surface area contributed by atoms with E-state index >= 15 is 0 Å². The van der Waals surface area contributed by atoms with Crippen molar-refractivity contribution in [1.29, 1.82) is 0 Å². The highest BCUT2D eigenvalue weighted by Crippen LogP contribution is 2.36. The number of carbonyl (C=O) groups excluding carboxylic acids is 2. The van der Waals surface area contributed by atoms with Crippen molar-refractivity contribution < 1.29 is 19.2 Å². The number of thiophene rings is 1. The maximum atomic E-state index is 12.7. The second-order valence-electron chi connectivity index (χ2n) is 6.80. The number of esters is 1. The molecular formula is C24H22N2O5S. The summed E-state index contributed by atoms with van der Waals surface area (Å²) in [6, 6.07) is 13.8. The molecule has 0 atom stereocenters. The van der Waals surface area contributed by atoms with E-state index in [1.807, 2.05) is 29.6 Å². The lowest BCUT2D eigenvalue weighted by Gasteiger charge is -2.08. The van der Waals surface area contributed by atoms with E-state index in [2.05, 4.69) is 12.2 Å². The van der Waals surface area contributed by atoms with Gasteiger partial charge in [0.25, 0.3) is 5.69 Å². The first kappa shape index (κ1) is 22.9. The smallest absolute Gasteiger partial charge is 0.341 e. The van der Waals surface area contributed by atoms with Gasteiger partial charge in [-0.25, -0.2) is 4.79 Å². The van der Waals surface area contributed by atoms with Crippen molar-refractivity contribution >= 4 is 40.0 Å². The summed E-state index contributed by atoms with van der Waals surface area (Å²) in [5.74, 6) is -0.974. The highest BCUT2D eigenvalue weighted by atomic mass is 32.1. The number of carbonyl (C=O) groups is 2. The minimum atomic E-state index is -0.513. The normalized spacial score (nSPS) is 10.8. The van der Waals surface area contributed by atoms with Gasteiger partial charge in [0.15, 0.2) is 0 Å². The van der Waals surface area contributed by atoms with Crippen molar-refractivity contribution in [3.05, 3.63) is 86.8 Å². The molecule has 32 heavy (non-hydrogen) atoms. The number of amides is 1. The Kier molecular flexibility index (Phi) is 7.51. The molecule has 2 aromatic carbocycles. The summed E-state index contributed by atoms with van der Waals surface area (Å²) in [6.45, 7) is 4.00. The van der Waals surface area contributed by atoms with Crippen LogP contribution in [0.4, 0.5) is 10.7 Å². The average Bonchev–Trinajstić information content (AvgIpc) is 3.21. The third kappa shape index (κ3) is 5.47. The van der Waals surface area contributed by atoms with E-state index in [9.17, 15) is 19.7 Å². The van der Waals surface area contributed by atoms with Gasteiger partial charge in [0, 0.05) is 29.2 Å². The lowest BCUT2D eigenvalue weighted by Crippen LogP contribution is -2.12. The highest BCUT2D eigenvalue weighted by Gasteiger charge is 2.22. The number of nitro groups is 1. The molecule has 0 aliphatic heterocycles. The van der Waals surface area contributed by atoms with Gasteiger partial charge in [0.05, 0.1) is 11.5 Å². The molecule has 1 amide bonds. The van der Waals surface area contributed by atoms with Crippen LogP contribution in [0.1, 0.15) is 35.3 Å². The van der Waals surface area contributed by atoms with Gasteiger partial charge in [-0.1, -0.05) is 43.3 Å². The predicted octanol–water partition coefficient (Wildman–Crippen LogP) is 5.71. The summed E-state index contributed by atoms with van der Waals surface area (Å²) < 4.78 is 5.22. The highest BCUT2D eigenvalue weighted by molar-refractivity contribution is 7.15. The van der Waals surface area contributed by atoms with E-state index in [0.29, 0.717) is 21.7 Å². The van der Waals surface area contributed by atoms with Gasteiger partial charge in [-0.15, -0.1) is 11.3 Å². The second-order valence-corrected chi connectivity index (χ2v) is 7.68. The fraction of sp³-hybridized carbons (Fsp3) is 0.167. The molecule has 0 aliphatic rings. The van der Waals surface area contributed by atoms with Crippen LogP contribution in [0.5, 0.6) is 0 Å². The molecule has 0 aliphatic carbocycles. The van der Waals surface area contributed by atoms with Crippen molar-refractivity contribution in [2.45, 2.75) is 20.3 Å². The molecule has 0 radical (unpaired) electrons. The topological polar surface area (TPSA) is 98.5 Å². The van der Waals surface area contributed by atoms with Crippen molar-refractivity contribution in [2.24, 2.45) is 0 Å². The minimum absolute atomic E-state index is 0.0610. The molecule has 1 aromatic heterocycles. The van der Waals surface area contributed by atoms with Crippen LogP contribution in [-0.4, -0.2) is 23.4 Å². The Bertz CT molecular complexity index is 1170. The summed E-state index contributed by atoms with van der Waals surface area (Å²) in [7, 11) is 0. The van der Waals surface area contributed by atoms with Gasteiger partial charge in [-0.05, 0) is 36.1 Å². The molecule has 3 rings (SSSR count). The van der Waals surface area contributed by atoms with E-state index in [1.54, 1.807) is 19.1 Å². The van der Waals surface area contributed by atoms with Crippen LogP contribution in [0.25, 0.3) is 17.2 Å². The van der Waals surface area contributed by atoms with Gasteiger partial charge >= 0.3 is 5.97 Å². The first-order chi connectivity index (χ1) is 15.4. The first-order valence-corrected chi connectivity index (χ1v) is 10.9. The number of non-ortho nitro benzene ring substituents is 1. The van der Waals surface area contributed by atoms with Crippen LogP contribution >= 0.6 is 11.3 Å². The number of hydrogen-bond donors (Lipinski definition) is 1. The largest absolute Gasteiger partial charge is 0.462 e. The fourth-order valence-electron chi connectivity index (χ4n) is 3.06. The number of anilines is 1. The summed E-state index contributed by atoms with van der Waals surface area (Å²) in [5.41, 5.74) is 3.49. The molecule has 7 nitrogen and oxygen atoms in total. The zero-order chi connectivity index (χ0) is 23.1. The van der Waals surface area contributed by atoms with E-state index in [1.165, 1.54) is 41.2 Å². The Morgan fingerprint density at radius 2 is 1.91 bits per heavy atom. The van der Waals surface area contributed by atoms with Crippen LogP contribution in [-0.2, 0) is 16.0 Å². The molecule has 164 valence electrons. The van der Waals surface area contributed by atoms with Gasteiger partial charge in [-0.3, -0.25) is 14.9 Å². The predicted molar refractivity (Wildman–Crippen MR) is 126 cm³/mol. The first-order valence-electron chi connectivity index (χ1n) is 10.0.